The van der Waals surface area contributed by atoms with Crippen molar-refractivity contribution in [2.45, 2.75) is 44.6 Å². The molecule has 0 aromatic carbocycles. The summed E-state index contributed by atoms with van der Waals surface area (Å²) < 4.78 is 22.8. The molecule has 1 heterocycles. The Morgan fingerprint density at radius 1 is 1.50 bits per heavy atom. The van der Waals surface area contributed by atoms with Crippen LogP contribution in [0.4, 0.5) is 0 Å². The lowest BCUT2D eigenvalue weighted by Gasteiger charge is -2.23. The van der Waals surface area contributed by atoms with Crippen molar-refractivity contribution in [3.05, 3.63) is 11.4 Å². The second kappa shape index (κ2) is 4.69. The highest BCUT2D eigenvalue weighted by Gasteiger charge is 2.28. The van der Waals surface area contributed by atoms with Crippen molar-refractivity contribution < 1.29 is 13.2 Å². The molecule has 0 atom stereocenters. The summed E-state index contributed by atoms with van der Waals surface area (Å²) in [5.41, 5.74) is -0.395. The van der Waals surface area contributed by atoms with Crippen LogP contribution in [0.15, 0.2) is 4.90 Å². The Labute approximate surface area is 106 Å². The number of nitrogens with two attached hydrogens (primary N) is 1. The first kappa shape index (κ1) is 14.7. The van der Waals surface area contributed by atoms with Crippen LogP contribution in [0.25, 0.3) is 0 Å². The summed E-state index contributed by atoms with van der Waals surface area (Å²) in [6, 6.07) is 0. The number of sulfonamides is 1. The lowest BCUT2D eigenvalue weighted by atomic mass is 10.0. The van der Waals surface area contributed by atoms with Gasteiger partial charge in [0, 0.05) is 5.54 Å². The van der Waals surface area contributed by atoms with Crippen LogP contribution >= 0.6 is 0 Å². The van der Waals surface area contributed by atoms with Crippen molar-refractivity contribution in [1.82, 2.24) is 15.5 Å². The maximum Gasteiger partial charge on any atom is 0.273 e. The van der Waals surface area contributed by atoms with E-state index in [4.69, 9.17) is 5.14 Å². The highest BCUT2D eigenvalue weighted by atomic mass is 32.2. The highest BCUT2D eigenvalue weighted by Crippen LogP contribution is 2.17. The topological polar surface area (TPSA) is 118 Å². The molecule has 7 nitrogen and oxygen atoms in total. The second-order valence-corrected chi connectivity index (χ2v) is 6.26. The van der Waals surface area contributed by atoms with Crippen molar-refractivity contribution >= 4 is 15.9 Å². The van der Waals surface area contributed by atoms with Gasteiger partial charge in [0.1, 0.15) is 4.90 Å². The number of carbonyl (C=O) groups excluding carboxylic acids is 1. The SMILES string of the molecule is CCC(C)(C)NC(=O)c1n[nH]c(C)c1S(N)(=O)=O. The molecule has 0 aliphatic rings. The first-order chi connectivity index (χ1) is 8.08. The fourth-order valence-corrected chi connectivity index (χ4v) is 2.26. The van der Waals surface area contributed by atoms with Gasteiger partial charge >= 0.3 is 0 Å². The molecule has 1 amide bonds. The van der Waals surface area contributed by atoms with E-state index in [1.807, 2.05) is 20.8 Å². The van der Waals surface area contributed by atoms with E-state index in [0.717, 1.165) is 0 Å². The van der Waals surface area contributed by atoms with Gasteiger partial charge in [-0.3, -0.25) is 9.89 Å². The summed E-state index contributed by atoms with van der Waals surface area (Å²) in [4.78, 5) is 11.7. The summed E-state index contributed by atoms with van der Waals surface area (Å²) in [6.45, 7) is 7.08. The standard InChI is InChI=1S/C10H18N4O3S/c1-5-10(3,4)12-9(15)7-8(18(11,16)17)6(2)13-14-7/h5H2,1-4H3,(H,12,15)(H,13,14)(H2,11,16,17). The Morgan fingerprint density at radius 3 is 2.50 bits per heavy atom. The molecule has 1 rings (SSSR count). The van der Waals surface area contributed by atoms with Crippen LogP contribution in [0, 0.1) is 6.92 Å². The van der Waals surface area contributed by atoms with Gasteiger partial charge in [0.15, 0.2) is 5.69 Å². The van der Waals surface area contributed by atoms with Gasteiger partial charge in [-0.1, -0.05) is 6.92 Å². The number of primary sulfonamides is 1. The molecule has 0 radical (unpaired) electrons. The van der Waals surface area contributed by atoms with Crippen LogP contribution in [0.5, 0.6) is 0 Å². The molecule has 0 unspecified atom stereocenters. The van der Waals surface area contributed by atoms with Gasteiger partial charge in [0.05, 0.1) is 5.69 Å². The summed E-state index contributed by atoms with van der Waals surface area (Å²) >= 11 is 0. The molecule has 0 fully saturated rings. The number of nitrogens with one attached hydrogen (secondary N) is 2. The Bertz CT molecular complexity index is 560. The predicted molar refractivity (Wildman–Crippen MR) is 66.5 cm³/mol. The summed E-state index contributed by atoms with van der Waals surface area (Å²) in [5, 5.41) is 13.9. The molecule has 18 heavy (non-hydrogen) atoms. The molecule has 0 aliphatic carbocycles. The van der Waals surface area contributed by atoms with E-state index < -0.39 is 21.5 Å². The molecule has 0 spiro atoms. The lowest BCUT2D eigenvalue weighted by molar-refractivity contribution is 0.0902. The van der Waals surface area contributed by atoms with Gasteiger partial charge in [-0.15, -0.1) is 0 Å². The van der Waals surface area contributed by atoms with E-state index in [9.17, 15) is 13.2 Å². The fraction of sp³-hybridized carbons (Fsp3) is 0.600. The van der Waals surface area contributed by atoms with Gasteiger partial charge in [0.2, 0.25) is 10.0 Å². The van der Waals surface area contributed by atoms with Crippen molar-refractivity contribution in [3.63, 3.8) is 0 Å². The number of amides is 1. The maximum atomic E-state index is 12.0. The number of hydrogen-bond acceptors (Lipinski definition) is 4. The predicted octanol–water partition coefficient (Wildman–Crippen LogP) is 0.284. The van der Waals surface area contributed by atoms with Gasteiger partial charge in [0.25, 0.3) is 5.91 Å². The Hall–Kier alpha value is -1.41. The Kier molecular flexibility index (Phi) is 3.82. The van der Waals surface area contributed by atoms with Crippen LogP contribution in [-0.2, 0) is 10.0 Å². The molecule has 4 N–H and O–H groups in total. The first-order valence-corrected chi connectivity index (χ1v) is 7.03. The molecule has 0 aliphatic heterocycles. The number of hydrogen-bond donors (Lipinski definition) is 3. The smallest absolute Gasteiger partial charge is 0.273 e. The number of aromatic amines is 1. The minimum Gasteiger partial charge on any atom is -0.346 e. The van der Waals surface area contributed by atoms with Crippen LogP contribution in [0.3, 0.4) is 0 Å². The zero-order chi connectivity index (χ0) is 14.1. The maximum absolute atomic E-state index is 12.0. The molecular weight excluding hydrogens is 256 g/mol. The van der Waals surface area contributed by atoms with Crippen molar-refractivity contribution in [2.75, 3.05) is 0 Å². The zero-order valence-electron chi connectivity index (χ0n) is 10.9. The average Bonchev–Trinajstić information content (AvgIpc) is 2.59. The van der Waals surface area contributed by atoms with Crippen molar-refractivity contribution in [1.29, 1.82) is 0 Å². The first-order valence-electron chi connectivity index (χ1n) is 5.49. The lowest BCUT2D eigenvalue weighted by Crippen LogP contribution is -2.43. The second-order valence-electron chi connectivity index (χ2n) is 4.76. The molecule has 1 aromatic rings. The van der Waals surface area contributed by atoms with Crippen LogP contribution in [-0.4, -0.2) is 30.1 Å². The molecule has 0 bridgehead atoms. The third-order valence-corrected chi connectivity index (χ3v) is 3.80. The minimum absolute atomic E-state index is 0.198. The monoisotopic (exact) mass is 274 g/mol. The minimum atomic E-state index is -3.98. The highest BCUT2D eigenvalue weighted by molar-refractivity contribution is 7.89. The number of rotatable bonds is 4. The fourth-order valence-electron chi connectivity index (χ4n) is 1.38. The number of nitrogens with zero attached hydrogens (tertiary/aromatic N) is 1. The summed E-state index contributed by atoms with van der Waals surface area (Å²) in [7, 11) is -3.98. The molecular formula is C10H18N4O3S. The van der Waals surface area contributed by atoms with Crippen LogP contribution in [0.1, 0.15) is 43.4 Å². The molecule has 0 saturated carbocycles. The normalized spacial score (nSPS) is 12.5. The molecule has 1 aromatic heterocycles. The number of carbonyl (C=O) groups is 1. The van der Waals surface area contributed by atoms with Gasteiger partial charge in [-0.05, 0) is 27.2 Å². The van der Waals surface area contributed by atoms with Gasteiger partial charge in [-0.25, -0.2) is 13.6 Å². The largest absolute Gasteiger partial charge is 0.346 e. The average molecular weight is 274 g/mol. The van der Waals surface area contributed by atoms with Gasteiger partial charge in [-0.2, -0.15) is 5.10 Å². The van der Waals surface area contributed by atoms with Crippen LogP contribution < -0.4 is 10.5 Å². The number of aromatic nitrogens is 2. The number of aryl methyl sites for hydroxylation is 1. The Balaban J connectivity index is 3.17. The Morgan fingerprint density at radius 2 is 2.06 bits per heavy atom. The zero-order valence-corrected chi connectivity index (χ0v) is 11.7. The third kappa shape index (κ3) is 3.08. The van der Waals surface area contributed by atoms with E-state index in [-0.39, 0.29) is 16.3 Å². The van der Waals surface area contributed by atoms with E-state index >= 15 is 0 Å². The number of H-pyrrole nitrogens is 1. The molecule has 0 saturated heterocycles. The van der Waals surface area contributed by atoms with E-state index in [1.54, 1.807) is 0 Å². The third-order valence-electron chi connectivity index (χ3n) is 2.73. The van der Waals surface area contributed by atoms with Gasteiger partial charge < -0.3 is 5.32 Å². The summed E-state index contributed by atoms with van der Waals surface area (Å²) in [6.07, 6.45) is 0.701. The van der Waals surface area contributed by atoms with E-state index in [1.165, 1.54) is 6.92 Å². The molecule has 102 valence electrons. The van der Waals surface area contributed by atoms with E-state index in [2.05, 4.69) is 15.5 Å². The van der Waals surface area contributed by atoms with Crippen LogP contribution in [0.2, 0.25) is 0 Å². The quantitative estimate of drug-likeness (QED) is 0.731. The van der Waals surface area contributed by atoms with Crippen molar-refractivity contribution in [3.8, 4) is 0 Å². The molecule has 8 heteroatoms. The van der Waals surface area contributed by atoms with E-state index in [0.29, 0.717) is 6.42 Å². The summed E-state index contributed by atoms with van der Waals surface area (Å²) in [5.74, 6) is -0.560. The van der Waals surface area contributed by atoms with Crippen molar-refractivity contribution in [2.24, 2.45) is 5.14 Å².